The number of hydrogen-bond donors (Lipinski definition) is 0. The van der Waals surface area contributed by atoms with Gasteiger partial charge in [0.15, 0.2) is 0 Å². The number of nitrogens with zero attached hydrogens (tertiary/aromatic N) is 1. The molecular weight excluding hydrogens is 178 g/mol. The van der Waals surface area contributed by atoms with E-state index in [1.807, 2.05) is 37.3 Å². The fraction of sp³-hybridized carbons (Fsp3) is 0.273. The van der Waals surface area contributed by atoms with Crippen LogP contribution in [0.5, 0.6) is 0 Å². The highest BCUT2D eigenvalue weighted by atomic mass is 16.2. The average molecular weight is 189 g/mol. The summed E-state index contributed by atoms with van der Waals surface area (Å²) in [6.07, 6.45) is 0. The third-order valence-corrected chi connectivity index (χ3v) is 2.56. The zero-order chi connectivity index (χ0) is 10.1. The summed E-state index contributed by atoms with van der Waals surface area (Å²) in [4.78, 5) is 23.5. The summed E-state index contributed by atoms with van der Waals surface area (Å²) in [7, 11) is 0. The first-order valence-corrected chi connectivity index (χ1v) is 4.59. The van der Waals surface area contributed by atoms with E-state index in [9.17, 15) is 9.59 Å². The van der Waals surface area contributed by atoms with Crippen LogP contribution in [0, 0.1) is 0 Å². The molecule has 3 nitrogen and oxygen atoms in total. The number of rotatable bonds is 2. The molecule has 1 fully saturated rings. The highest BCUT2D eigenvalue weighted by Gasteiger charge is 2.37. The number of carbonyl (C=O) groups excluding carboxylic acids is 2. The van der Waals surface area contributed by atoms with Crippen molar-refractivity contribution in [1.82, 2.24) is 4.90 Å². The van der Waals surface area contributed by atoms with Crippen molar-refractivity contribution in [3.05, 3.63) is 35.9 Å². The summed E-state index contributed by atoms with van der Waals surface area (Å²) >= 11 is 0. The summed E-state index contributed by atoms with van der Waals surface area (Å²) in [5.41, 5.74) is 1.06. The quantitative estimate of drug-likeness (QED) is 0.517. The molecule has 1 atom stereocenters. The van der Waals surface area contributed by atoms with Gasteiger partial charge >= 0.3 is 0 Å². The van der Waals surface area contributed by atoms with Gasteiger partial charge in [0.2, 0.25) is 5.78 Å². The van der Waals surface area contributed by atoms with Crippen molar-refractivity contribution in [3.8, 4) is 0 Å². The topological polar surface area (TPSA) is 37.4 Å². The lowest BCUT2D eigenvalue weighted by molar-refractivity contribution is -0.157. The Labute approximate surface area is 82.3 Å². The van der Waals surface area contributed by atoms with Gasteiger partial charge in [0.25, 0.3) is 5.91 Å². The van der Waals surface area contributed by atoms with Crippen LogP contribution in [0.25, 0.3) is 0 Å². The molecule has 1 heterocycles. The zero-order valence-electron chi connectivity index (χ0n) is 7.93. The van der Waals surface area contributed by atoms with Crippen molar-refractivity contribution in [2.75, 3.05) is 6.54 Å². The molecule has 2 rings (SSSR count). The molecule has 0 aromatic heterocycles. The molecule has 72 valence electrons. The Morgan fingerprint density at radius 1 is 1.21 bits per heavy atom. The predicted octanol–water partition coefficient (Wildman–Crippen LogP) is 1.16. The third-order valence-electron chi connectivity index (χ3n) is 2.56. The molecule has 0 bridgehead atoms. The van der Waals surface area contributed by atoms with Gasteiger partial charge in [0, 0.05) is 0 Å². The summed E-state index contributed by atoms with van der Waals surface area (Å²) in [5.74, 6) is -0.644. The van der Waals surface area contributed by atoms with Gasteiger partial charge in [-0.25, -0.2) is 0 Å². The van der Waals surface area contributed by atoms with Crippen molar-refractivity contribution < 1.29 is 9.59 Å². The van der Waals surface area contributed by atoms with Crippen LogP contribution in [0.1, 0.15) is 18.5 Å². The van der Waals surface area contributed by atoms with Gasteiger partial charge in [0.1, 0.15) is 0 Å². The number of likely N-dealkylation sites (tertiary alicyclic amines) is 1. The second-order valence-corrected chi connectivity index (χ2v) is 3.44. The largest absolute Gasteiger partial charge is 0.321 e. The highest BCUT2D eigenvalue weighted by molar-refractivity contribution is 6.43. The molecular formula is C11H11NO2. The van der Waals surface area contributed by atoms with E-state index in [1.165, 1.54) is 0 Å². The molecule has 0 spiro atoms. The van der Waals surface area contributed by atoms with E-state index >= 15 is 0 Å². The molecule has 14 heavy (non-hydrogen) atoms. The van der Waals surface area contributed by atoms with Crippen LogP contribution in [0.3, 0.4) is 0 Å². The van der Waals surface area contributed by atoms with Crippen molar-refractivity contribution in [3.63, 3.8) is 0 Å². The molecule has 1 aliphatic rings. The van der Waals surface area contributed by atoms with Crippen molar-refractivity contribution in [2.45, 2.75) is 13.0 Å². The summed E-state index contributed by atoms with van der Waals surface area (Å²) in [6.45, 7) is 2.19. The molecule has 0 aliphatic carbocycles. The minimum absolute atomic E-state index is 0.00130. The Morgan fingerprint density at radius 2 is 1.86 bits per heavy atom. The highest BCUT2D eigenvalue weighted by Crippen LogP contribution is 2.23. The maximum atomic E-state index is 11.2. The second-order valence-electron chi connectivity index (χ2n) is 3.44. The fourth-order valence-corrected chi connectivity index (χ4v) is 1.59. The Kier molecular flexibility index (Phi) is 2.08. The molecule has 0 saturated carbocycles. The molecule has 1 saturated heterocycles. The van der Waals surface area contributed by atoms with Crippen LogP contribution < -0.4 is 0 Å². The minimum Gasteiger partial charge on any atom is -0.321 e. The maximum absolute atomic E-state index is 11.2. The van der Waals surface area contributed by atoms with Gasteiger partial charge in [-0.3, -0.25) is 9.59 Å². The Hall–Kier alpha value is -1.64. The number of Topliss-reactive ketones (excluding diaryl/α,β-unsaturated/α-hetero) is 1. The van der Waals surface area contributed by atoms with E-state index in [1.54, 1.807) is 4.90 Å². The first-order chi connectivity index (χ1) is 6.70. The van der Waals surface area contributed by atoms with Gasteiger partial charge in [-0.05, 0) is 12.5 Å². The zero-order valence-corrected chi connectivity index (χ0v) is 7.93. The first kappa shape index (κ1) is 8.94. The van der Waals surface area contributed by atoms with Gasteiger partial charge < -0.3 is 4.90 Å². The molecule has 3 heteroatoms. The predicted molar refractivity (Wildman–Crippen MR) is 51.6 cm³/mol. The minimum atomic E-state index is -0.360. The lowest BCUT2D eigenvalue weighted by atomic mass is 10.0. The normalized spacial score (nSPS) is 17.9. The molecule has 1 aromatic rings. The third kappa shape index (κ3) is 1.31. The maximum Gasteiger partial charge on any atom is 0.292 e. The molecule has 1 amide bonds. The number of benzene rings is 1. The standard InChI is InChI=1S/C11H11NO2/c1-8(9-5-3-2-4-6-9)12-7-10(13)11(12)14/h2-6,8H,7H2,1H3/t8-/m0/s1. The van der Waals surface area contributed by atoms with Crippen molar-refractivity contribution in [2.24, 2.45) is 0 Å². The van der Waals surface area contributed by atoms with Crippen LogP contribution in [0.4, 0.5) is 0 Å². The van der Waals surface area contributed by atoms with Gasteiger partial charge in [0.05, 0.1) is 12.6 Å². The van der Waals surface area contributed by atoms with E-state index in [2.05, 4.69) is 0 Å². The Bertz CT molecular complexity index is 372. The summed E-state index contributed by atoms with van der Waals surface area (Å²) in [5, 5.41) is 0. The van der Waals surface area contributed by atoms with Crippen LogP contribution in [-0.2, 0) is 9.59 Å². The number of ketones is 1. The summed E-state index contributed by atoms with van der Waals surface area (Å²) < 4.78 is 0. The van der Waals surface area contributed by atoms with E-state index in [-0.39, 0.29) is 24.3 Å². The lowest BCUT2D eigenvalue weighted by Crippen LogP contribution is -2.53. The lowest BCUT2D eigenvalue weighted by Gasteiger charge is -2.34. The number of carbonyl (C=O) groups is 2. The van der Waals surface area contributed by atoms with Crippen LogP contribution in [0.15, 0.2) is 30.3 Å². The summed E-state index contributed by atoms with van der Waals surface area (Å²) in [6, 6.07) is 9.71. The van der Waals surface area contributed by atoms with Crippen molar-refractivity contribution in [1.29, 1.82) is 0 Å². The van der Waals surface area contributed by atoms with E-state index < -0.39 is 0 Å². The van der Waals surface area contributed by atoms with Gasteiger partial charge in [-0.1, -0.05) is 30.3 Å². The first-order valence-electron chi connectivity index (χ1n) is 4.59. The molecule has 0 unspecified atom stereocenters. The number of amides is 1. The number of β-lactam (4-membered cyclic amide) rings is 1. The Morgan fingerprint density at radius 3 is 2.36 bits per heavy atom. The smallest absolute Gasteiger partial charge is 0.292 e. The molecule has 0 N–H and O–H groups in total. The van der Waals surface area contributed by atoms with Gasteiger partial charge in [-0.2, -0.15) is 0 Å². The van der Waals surface area contributed by atoms with Gasteiger partial charge in [-0.15, -0.1) is 0 Å². The SMILES string of the molecule is C[C@@H](c1ccccc1)N1CC(=O)C1=O. The second kappa shape index (κ2) is 3.25. The van der Waals surface area contributed by atoms with Crippen LogP contribution >= 0.6 is 0 Å². The Balaban J connectivity index is 2.14. The average Bonchev–Trinajstić information content (AvgIpc) is 2.25. The van der Waals surface area contributed by atoms with E-state index in [4.69, 9.17) is 0 Å². The van der Waals surface area contributed by atoms with E-state index in [0.29, 0.717) is 0 Å². The molecule has 0 radical (unpaired) electrons. The number of hydrogen-bond acceptors (Lipinski definition) is 2. The fourth-order valence-electron chi connectivity index (χ4n) is 1.59. The molecule has 1 aromatic carbocycles. The monoisotopic (exact) mass is 189 g/mol. The molecule has 1 aliphatic heterocycles. The van der Waals surface area contributed by atoms with Crippen LogP contribution in [0.2, 0.25) is 0 Å². The van der Waals surface area contributed by atoms with Crippen molar-refractivity contribution >= 4 is 11.7 Å². The van der Waals surface area contributed by atoms with E-state index in [0.717, 1.165) is 5.56 Å². The van der Waals surface area contributed by atoms with Crippen LogP contribution in [-0.4, -0.2) is 23.1 Å².